The molecule has 0 atom stereocenters. The Morgan fingerprint density at radius 3 is 2.25 bits per heavy atom. The predicted octanol–water partition coefficient (Wildman–Crippen LogP) is 4.21. The van der Waals surface area contributed by atoms with E-state index < -0.39 is 0 Å². The van der Waals surface area contributed by atoms with Crippen LogP contribution in [0, 0.1) is 0 Å². The van der Waals surface area contributed by atoms with Gasteiger partial charge in [-0.15, -0.1) is 0 Å². The lowest BCUT2D eigenvalue weighted by Gasteiger charge is -2.16. The molecule has 0 unspecified atom stereocenters. The zero-order chi connectivity index (χ0) is 11.5. The fraction of sp³-hybridized carbons (Fsp3) is 0.333. The number of hydrogen-bond donors (Lipinski definition) is 0. The van der Waals surface area contributed by atoms with Gasteiger partial charge in [0.05, 0.1) is 7.11 Å². The molecule has 1 aliphatic carbocycles. The van der Waals surface area contributed by atoms with E-state index in [0.717, 1.165) is 12.2 Å². The van der Waals surface area contributed by atoms with Gasteiger partial charge >= 0.3 is 0 Å². The molecule has 0 amide bonds. The molecule has 0 bridgehead atoms. The second-order valence-electron chi connectivity index (χ2n) is 4.36. The Morgan fingerprint density at radius 1 is 1.00 bits per heavy atom. The highest BCUT2D eigenvalue weighted by Gasteiger charge is 2.09. The molecular formula is C15H18O. The number of allylic oxidation sites excluding steroid dienone is 4. The molecule has 0 aliphatic heterocycles. The maximum absolute atomic E-state index is 5.17. The second kappa shape index (κ2) is 4.56. The van der Waals surface area contributed by atoms with Gasteiger partial charge in [-0.1, -0.05) is 29.4 Å². The summed E-state index contributed by atoms with van der Waals surface area (Å²) in [4.78, 5) is 0. The van der Waals surface area contributed by atoms with Crippen molar-refractivity contribution < 1.29 is 4.74 Å². The first-order valence-corrected chi connectivity index (χ1v) is 5.72. The molecule has 1 heteroatoms. The Kier molecular flexibility index (Phi) is 3.14. The third kappa shape index (κ3) is 2.19. The summed E-state index contributed by atoms with van der Waals surface area (Å²) in [6.07, 6.45) is 4.64. The van der Waals surface area contributed by atoms with Crippen LogP contribution in [-0.4, -0.2) is 7.11 Å². The van der Waals surface area contributed by atoms with Gasteiger partial charge in [-0.2, -0.15) is 0 Å². The molecule has 0 saturated carbocycles. The Hall–Kier alpha value is -1.50. The number of rotatable bonds is 2. The summed E-state index contributed by atoms with van der Waals surface area (Å²) in [6.45, 7) is 4.41. The van der Waals surface area contributed by atoms with Crippen LogP contribution in [0.15, 0.2) is 41.5 Å². The molecule has 0 spiro atoms. The Labute approximate surface area is 97.4 Å². The molecule has 0 N–H and O–H groups in total. The second-order valence-corrected chi connectivity index (χ2v) is 4.36. The van der Waals surface area contributed by atoms with E-state index in [1.807, 2.05) is 12.1 Å². The van der Waals surface area contributed by atoms with E-state index in [-0.39, 0.29) is 0 Å². The van der Waals surface area contributed by atoms with E-state index in [2.05, 4.69) is 32.1 Å². The molecule has 0 fully saturated rings. The van der Waals surface area contributed by atoms with E-state index in [1.54, 1.807) is 7.11 Å². The van der Waals surface area contributed by atoms with E-state index >= 15 is 0 Å². The zero-order valence-electron chi connectivity index (χ0n) is 10.2. The summed E-state index contributed by atoms with van der Waals surface area (Å²) in [5.41, 5.74) is 5.67. The molecule has 16 heavy (non-hydrogen) atoms. The molecule has 1 aromatic rings. The number of ether oxygens (including phenoxy) is 1. The fourth-order valence-electron chi connectivity index (χ4n) is 2.01. The van der Waals surface area contributed by atoms with Crippen molar-refractivity contribution >= 4 is 5.57 Å². The normalized spacial score (nSPS) is 16.1. The third-order valence-corrected chi connectivity index (χ3v) is 3.29. The average Bonchev–Trinajstić information content (AvgIpc) is 2.33. The summed E-state index contributed by atoms with van der Waals surface area (Å²) >= 11 is 0. The van der Waals surface area contributed by atoms with Crippen LogP contribution in [0.5, 0.6) is 5.75 Å². The Morgan fingerprint density at radius 2 is 1.69 bits per heavy atom. The largest absolute Gasteiger partial charge is 0.497 e. The first kappa shape index (κ1) is 11.0. The lowest BCUT2D eigenvalue weighted by molar-refractivity contribution is 0.415. The highest BCUT2D eigenvalue weighted by Crippen LogP contribution is 2.30. The van der Waals surface area contributed by atoms with Gasteiger partial charge < -0.3 is 4.74 Å². The van der Waals surface area contributed by atoms with Crippen LogP contribution in [0.3, 0.4) is 0 Å². The average molecular weight is 214 g/mol. The molecule has 0 saturated heterocycles. The van der Waals surface area contributed by atoms with Gasteiger partial charge in [-0.25, -0.2) is 0 Å². The monoisotopic (exact) mass is 214 g/mol. The van der Waals surface area contributed by atoms with Gasteiger partial charge in [-0.05, 0) is 50.0 Å². The van der Waals surface area contributed by atoms with Crippen molar-refractivity contribution in [2.75, 3.05) is 7.11 Å². The van der Waals surface area contributed by atoms with Crippen molar-refractivity contribution in [2.24, 2.45) is 0 Å². The van der Waals surface area contributed by atoms with Gasteiger partial charge in [0.15, 0.2) is 0 Å². The van der Waals surface area contributed by atoms with Crippen LogP contribution < -0.4 is 4.74 Å². The highest BCUT2D eigenvalue weighted by atomic mass is 16.5. The number of methoxy groups -OCH3 is 1. The Bertz CT molecular complexity index is 435. The summed E-state index contributed by atoms with van der Waals surface area (Å²) in [5.74, 6) is 0.920. The minimum absolute atomic E-state index is 0.920. The van der Waals surface area contributed by atoms with Gasteiger partial charge in [0, 0.05) is 0 Å². The van der Waals surface area contributed by atoms with Crippen molar-refractivity contribution in [3.05, 3.63) is 47.1 Å². The SMILES string of the molecule is COc1ccc(C2=CC(C)=C(C)CC2)cc1. The Balaban J connectivity index is 2.28. The van der Waals surface area contributed by atoms with Crippen LogP contribution in [0.1, 0.15) is 32.3 Å². The smallest absolute Gasteiger partial charge is 0.118 e. The van der Waals surface area contributed by atoms with Gasteiger partial charge in [0.1, 0.15) is 5.75 Å². The lowest BCUT2D eigenvalue weighted by atomic mass is 9.90. The minimum atomic E-state index is 0.920. The van der Waals surface area contributed by atoms with Crippen LogP contribution >= 0.6 is 0 Å². The molecule has 1 nitrogen and oxygen atoms in total. The first-order chi connectivity index (χ1) is 7.70. The van der Waals surface area contributed by atoms with Gasteiger partial charge in [0.2, 0.25) is 0 Å². The minimum Gasteiger partial charge on any atom is -0.497 e. The standard InChI is InChI=1S/C15H18O/c1-11-4-5-14(10-12(11)2)13-6-8-15(16-3)9-7-13/h6-10H,4-5H2,1-3H3. The van der Waals surface area contributed by atoms with E-state index in [1.165, 1.54) is 28.7 Å². The molecule has 1 aliphatic rings. The van der Waals surface area contributed by atoms with E-state index in [4.69, 9.17) is 4.74 Å². The molecule has 0 radical (unpaired) electrons. The fourth-order valence-corrected chi connectivity index (χ4v) is 2.01. The third-order valence-electron chi connectivity index (χ3n) is 3.29. The van der Waals surface area contributed by atoms with Crippen molar-refractivity contribution in [2.45, 2.75) is 26.7 Å². The maximum atomic E-state index is 5.17. The lowest BCUT2D eigenvalue weighted by Crippen LogP contribution is -1.95. The van der Waals surface area contributed by atoms with Gasteiger partial charge in [0.25, 0.3) is 0 Å². The molecule has 0 aromatic heterocycles. The van der Waals surface area contributed by atoms with Crippen molar-refractivity contribution in [1.29, 1.82) is 0 Å². The van der Waals surface area contributed by atoms with E-state index in [0.29, 0.717) is 0 Å². The van der Waals surface area contributed by atoms with Crippen LogP contribution in [0.4, 0.5) is 0 Å². The topological polar surface area (TPSA) is 9.23 Å². The highest BCUT2D eigenvalue weighted by molar-refractivity contribution is 5.70. The van der Waals surface area contributed by atoms with Crippen molar-refractivity contribution in [3.63, 3.8) is 0 Å². The zero-order valence-corrected chi connectivity index (χ0v) is 10.2. The summed E-state index contributed by atoms with van der Waals surface area (Å²) in [7, 11) is 1.70. The molecule has 0 heterocycles. The van der Waals surface area contributed by atoms with Crippen molar-refractivity contribution in [1.82, 2.24) is 0 Å². The molecular weight excluding hydrogens is 196 g/mol. The number of hydrogen-bond acceptors (Lipinski definition) is 1. The van der Waals surface area contributed by atoms with Crippen LogP contribution in [0.25, 0.3) is 5.57 Å². The van der Waals surface area contributed by atoms with Gasteiger partial charge in [-0.3, -0.25) is 0 Å². The summed E-state index contributed by atoms with van der Waals surface area (Å²) < 4.78 is 5.17. The molecule has 1 aromatic carbocycles. The predicted molar refractivity (Wildman–Crippen MR) is 68.6 cm³/mol. The number of benzene rings is 1. The summed E-state index contributed by atoms with van der Waals surface area (Å²) in [6, 6.07) is 8.32. The first-order valence-electron chi connectivity index (χ1n) is 5.72. The molecule has 2 rings (SSSR count). The molecule has 84 valence electrons. The quantitative estimate of drug-likeness (QED) is 0.716. The summed E-state index contributed by atoms with van der Waals surface area (Å²) in [5, 5.41) is 0. The van der Waals surface area contributed by atoms with Crippen LogP contribution in [-0.2, 0) is 0 Å². The van der Waals surface area contributed by atoms with Crippen molar-refractivity contribution in [3.8, 4) is 5.75 Å². The maximum Gasteiger partial charge on any atom is 0.118 e. The van der Waals surface area contributed by atoms with E-state index in [9.17, 15) is 0 Å². The van der Waals surface area contributed by atoms with Crippen LogP contribution in [0.2, 0.25) is 0 Å².